The van der Waals surface area contributed by atoms with Crippen molar-refractivity contribution < 1.29 is 23.4 Å². The molecule has 1 aromatic carbocycles. The Bertz CT molecular complexity index is 855. The second-order valence-corrected chi connectivity index (χ2v) is 8.58. The van der Waals surface area contributed by atoms with E-state index >= 15 is 0 Å². The Morgan fingerprint density at radius 1 is 1.25 bits per heavy atom. The molecular weight excluding hydrogens is 396 g/mol. The molecule has 1 aliphatic heterocycles. The van der Waals surface area contributed by atoms with E-state index in [0.717, 1.165) is 16.7 Å². The van der Waals surface area contributed by atoms with E-state index in [1.807, 2.05) is 17.8 Å². The molecule has 1 unspecified atom stereocenters. The van der Waals surface area contributed by atoms with E-state index in [9.17, 15) is 4.79 Å². The molecule has 2 aromatic rings. The van der Waals surface area contributed by atoms with E-state index in [1.165, 1.54) is 17.7 Å². The summed E-state index contributed by atoms with van der Waals surface area (Å²) >= 11 is 7.22. The average molecular weight is 423 g/mol. The molecule has 0 bridgehead atoms. The summed E-state index contributed by atoms with van der Waals surface area (Å²) in [5.41, 5.74) is 2.05. The number of carbonyl (C=O) groups is 1. The van der Waals surface area contributed by atoms with Crippen LogP contribution in [-0.4, -0.2) is 43.9 Å². The van der Waals surface area contributed by atoms with E-state index in [0.29, 0.717) is 36.2 Å². The van der Waals surface area contributed by atoms with Crippen LogP contribution in [0.15, 0.2) is 28.7 Å². The Morgan fingerprint density at radius 2 is 2.07 bits per heavy atom. The van der Waals surface area contributed by atoms with Crippen LogP contribution in [0.25, 0.3) is 11.0 Å². The highest BCUT2D eigenvalue weighted by atomic mass is 32.2. The van der Waals surface area contributed by atoms with Gasteiger partial charge in [0, 0.05) is 11.8 Å². The predicted molar refractivity (Wildman–Crippen MR) is 114 cm³/mol. The van der Waals surface area contributed by atoms with E-state index < -0.39 is 0 Å². The Hall–Kier alpha value is -1.57. The van der Waals surface area contributed by atoms with Crippen LogP contribution >= 0.6 is 24.0 Å². The number of carbonyl (C=O) groups excluding carboxylic acids is 1. The Kier molecular flexibility index (Phi) is 7.76. The number of hydrogen-bond donors (Lipinski definition) is 0. The summed E-state index contributed by atoms with van der Waals surface area (Å²) in [6, 6.07) is 8.01. The van der Waals surface area contributed by atoms with Crippen LogP contribution < -0.4 is 4.74 Å². The lowest BCUT2D eigenvalue weighted by Gasteiger charge is -2.13. The van der Waals surface area contributed by atoms with Crippen molar-refractivity contribution in [2.24, 2.45) is 5.92 Å². The zero-order valence-corrected chi connectivity index (χ0v) is 17.9. The maximum absolute atomic E-state index is 11.4. The van der Waals surface area contributed by atoms with E-state index in [1.54, 1.807) is 19.9 Å². The van der Waals surface area contributed by atoms with E-state index in [2.05, 4.69) is 12.1 Å². The van der Waals surface area contributed by atoms with Gasteiger partial charge in [0.15, 0.2) is 4.71 Å². The molecule has 28 heavy (non-hydrogen) atoms. The minimum Gasteiger partial charge on any atom is -0.490 e. The molecule has 0 saturated carbocycles. The van der Waals surface area contributed by atoms with Crippen LogP contribution in [-0.2, 0) is 14.3 Å². The van der Waals surface area contributed by atoms with Gasteiger partial charge >= 0.3 is 5.97 Å². The smallest absolute Gasteiger partial charge is 0.308 e. The highest BCUT2D eigenvalue weighted by Crippen LogP contribution is 2.35. The zero-order chi connectivity index (χ0) is 19.9. The predicted octanol–water partition coefficient (Wildman–Crippen LogP) is 4.98. The molecule has 0 aliphatic carbocycles. The fourth-order valence-electron chi connectivity index (χ4n) is 3.00. The van der Waals surface area contributed by atoms with Gasteiger partial charge in [-0.15, -0.1) is 0 Å². The molecule has 3 rings (SSSR count). The molecule has 1 fully saturated rings. The average Bonchev–Trinajstić information content (AvgIpc) is 3.21. The highest BCUT2D eigenvalue weighted by molar-refractivity contribution is 7.99. The lowest BCUT2D eigenvalue weighted by molar-refractivity contribution is -0.148. The lowest BCUT2D eigenvalue weighted by Crippen LogP contribution is -2.16. The molecular formula is C21H26O5S2. The van der Waals surface area contributed by atoms with Gasteiger partial charge in [0.1, 0.15) is 24.5 Å². The summed E-state index contributed by atoms with van der Waals surface area (Å²) in [6.45, 7) is 5.00. The third-order valence-corrected chi connectivity index (χ3v) is 5.92. The van der Waals surface area contributed by atoms with Crippen LogP contribution in [0.5, 0.6) is 5.75 Å². The third-order valence-electron chi connectivity index (χ3n) is 4.56. The zero-order valence-electron chi connectivity index (χ0n) is 16.3. The molecule has 0 N–H and O–H groups in total. The van der Waals surface area contributed by atoms with Gasteiger partial charge in [-0.1, -0.05) is 19.9 Å². The van der Waals surface area contributed by atoms with E-state index in [-0.39, 0.29) is 18.5 Å². The van der Waals surface area contributed by atoms with Gasteiger partial charge in [0.05, 0.1) is 24.5 Å². The highest BCUT2D eigenvalue weighted by Gasteiger charge is 2.18. The maximum Gasteiger partial charge on any atom is 0.308 e. The van der Waals surface area contributed by atoms with Crippen LogP contribution in [0.2, 0.25) is 0 Å². The fraction of sp³-hybridized carbons (Fsp3) is 0.524. The second kappa shape index (κ2) is 10.3. The topological polar surface area (TPSA) is 57.9 Å². The molecule has 1 aromatic heterocycles. The molecule has 0 amide bonds. The van der Waals surface area contributed by atoms with Crippen molar-refractivity contribution in [1.29, 1.82) is 0 Å². The van der Waals surface area contributed by atoms with Crippen LogP contribution in [0, 0.1) is 10.6 Å². The fourth-order valence-corrected chi connectivity index (χ4v) is 4.46. The molecule has 0 radical (unpaired) electrons. The van der Waals surface area contributed by atoms with Crippen molar-refractivity contribution in [3.63, 3.8) is 0 Å². The molecule has 1 aliphatic rings. The molecule has 7 heteroatoms. The van der Waals surface area contributed by atoms with Crippen LogP contribution in [0.4, 0.5) is 0 Å². The molecule has 5 nitrogen and oxygen atoms in total. The lowest BCUT2D eigenvalue weighted by atomic mass is 9.97. The van der Waals surface area contributed by atoms with Gasteiger partial charge in [-0.2, -0.15) is 11.8 Å². The number of thioether (sulfide) groups is 1. The van der Waals surface area contributed by atoms with Gasteiger partial charge < -0.3 is 18.6 Å². The van der Waals surface area contributed by atoms with Crippen molar-refractivity contribution >= 4 is 40.9 Å². The summed E-state index contributed by atoms with van der Waals surface area (Å²) < 4.78 is 22.5. The van der Waals surface area contributed by atoms with Crippen LogP contribution in [0.3, 0.4) is 0 Å². The Balaban J connectivity index is 1.55. The number of ether oxygens (including phenoxy) is 3. The van der Waals surface area contributed by atoms with Crippen molar-refractivity contribution in [3.8, 4) is 5.75 Å². The number of esters is 1. The van der Waals surface area contributed by atoms with Crippen molar-refractivity contribution in [3.05, 3.63) is 34.5 Å². The number of fused-ring (bicyclic) bond motifs is 1. The molecule has 0 spiro atoms. The summed E-state index contributed by atoms with van der Waals surface area (Å²) in [4.78, 5) is 11.4. The van der Waals surface area contributed by atoms with Gasteiger partial charge in [-0.25, -0.2) is 0 Å². The summed E-state index contributed by atoms with van der Waals surface area (Å²) in [7, 11) is 0. The first-order valence-electron chi connectivity index (χ1n) is 9.57. The quantitative estimate of drug-likeness (QED) is 0.321. The molecule has 1 saturated heterocycles. The van der Waals surface area contributed by atoms with Gasteiger partial charge in [-0.3, -0.25) is 4.79 Å². The van der Waals surface area contributed by atoms with Gasteiger partial charge in [0.2, 0.25) is 0 Å². The first kappa shape index (κ1) is 21.1. The maximum atomic E-state index is 11.4. The summed E-state index contributed by atoms with van der Waals surface area (Å²) in [6.07, 6.45) is 1.21. The normalized spacial score (nSPS) is 16.6. The number of rotatable bonds is 9. The van der Waals surface area contributed by atoms with Crippen molar-refractivity contribution in [2.45, 2.75) is 26.2 Å². The van der Waals surface area contributed by atoms with Gasteiger partial charge in [0.25, 0.3) is 0 Å². The third kappa shape index (κ3) is 5.72. The standard InChI is InChI=1S/C21H26O5S2/c1-14(2)21(22)25-9-7-23-6-8-24-19-12-20(27)26-18-4-3-15(11-17(18)19)16-5-10-28-13-16/h3-4,11-12,14,16H,5-10,13H2,1-2H3. The first-order chi connectivity index (χ1) is 13.5. The van der Waals surface area contributed by atoms with E-state index in [4.69, 9.17) is 30.8 Å². The van der Waals surface area contributed by atoms with Gasteiger partial charge in [-0.05, 0) is 48.0 Å². The number of benzene rings is 1. The number of hydrogen-bond acceptors (Lipinski definition) is 7. The Morgan fingerprint density at radius 3 is 2.82 bits per heavy atom. The van der Waals surface area contributed by atoms with Crippen LogP contribution in [0.1, 0.15) is 31.7 Å². The minimum atomic E-state index is -0.214. The second-order valence-electron chi connectivity index (χ2n) is 7.03. The minimum absolute atomic E-state index is 0.125. The first-order valence-corrected chi connectivity index (χ1v) is 11.1. The monoisotopic (exact) mass is 422 g/mol. The Labute approximate surface area is 174 Å². The molecule has 1 atom stereocenters. The summed E-state index contributed by atoms with van der Waals surface area (Å²) in [5.74, 6) is 3.34. The summed E-state index contributed by atoms with van der Waals surface area (Å²) in [5, 5.41) is 0.939. The van der Waals surface area contributed by atoms with Crippen molar-refractivity contribution in [2.75, 3.05) is 37.9 Å². The SMILES string of the molecule is CC(C)C(=O)OCCOCCOc1cc(=S)oc2ccc(C3CCSC3)cc12. The largest absolute Gasteiger partial charge is 0.490 e. The molecule has 152 valence electrons. The molecule has 2 heterocycles. The van der Waals surface area contributed by atoms with Crippen molar-refractivity contribution in [1.82, 2.24) is 0 Å².